The van der Waals surface area contributed by atoms with Crippen LogP contribution in [0.15, 0.2) is 30.3 Å². The van der Waals surface area contributed by atoms with Crippen LogP contribution in [0, 0.1) is 17.0 Å². The van der Waals surface area contributed by atoms with Crippen LogP contribution in [0.3, 0.4) is 0 Å². The number of benzene rings is 1. The molecular formula is C14H14N6O3. The number of nitrogens with one attached hydrogen (secondary N) is 1. The lowest BCUT2D eigenvalue weighted by Gasteiger charge is -2.04. The molecule has 0 spiro atoms. The molecule has 0 saturated heterocycles. The first-order valence-electron chi connectivity index (χ1n) is 6.86. The van der Waals surface area contributed by atoms with Gasteiger partial charge in [-0.25, -0.2) is 4.98 Å². The number of hydrogen-bond donors (Lipinski definition) is 1. The smallest absolute Gasteiger partial charge is 0.358 e. The molecule has 0 aliphatic rings. The van der Waals surface area contributed by atoms with Crippen molar-refractivity contribution in [2.75, 3.05) is 5.32 Å². The largest absolute Gasteiger partial charge is 0.390 e. The predicted octanol–water partition coefficient (Wildman–Crippen LogP) is 1.63. The Labute approximate surface area is 130 Å². The number of imidazole rings is 1. The van der Waals surface area contributed by atoms with E-state index in [2.05, 4.69) is 15.4 Å². The molecule has 1 amide bonds. The number of rotatable bonds is 4. The van der Waals surface area contributed by atoms with Gasteiger partial charge in [0.15, 0.2) is 0 Å². The fourth-order valence-corrected chi connectivity index (χ4v) is 2.30. The summed E-state index contributed by atoms with van der Waals surface area (Å²) >= 11 is 0. The molecule has 0 saturated carbocycles. The van der Waals surface area contributed by atoms with Crippen molar-refractivity contribution in [1.29, 1.82) is 0 Å². The van der Waals surface area contributed by atoms with Crippen LogP contribution in [-0.4, -0.2) is 30.2 Å². The molecule has 118 valence electrons. The third-order valence-electron chi connectivity index (χ3n) is 3.49. The molecule has 0 radical (unpaired) electrons. The van der Waals surface area contributed by atoms with Crippen molar-refractivity contribution in [3.05, 3.63) is 46.1 Å². The molecule has 3 aromatic rings. The third kappa shape index (κ3) is 2.76. The number of para-hydroxylation sites is 2. The van der Waals surface area contributed by atoms with Gasteiger partial charge >= 0.3 is 5.82 Å². The third-order valence-corrected chi connectivity index (χ3v) is 3.49. The van der Waals surface area contributed by atoms with Crippen molar-refractivity contribution in [2.45, 2.75) is 13.5 Å². The quantitative estimate of drug-likeness (QED) is 0.581. The number of hydrogen-bond acceptors (Lipinski definition) is 5. The van der Waals surface area contributed by atoms with Gasteiger partial charge in [-0.1, -0.05) is 12.1 Å². The van der Waals surface area contributed by atoms with Crippen molar-refractivity contribution in [3.8, 4) is 0 Å². The number of carbonyl (C=O) groups excluding carboxylic acids is 1. The summed E-state index contributed by atoms with van der Waals surface area (Å²) in [5.41, 5.74) is 2.21. The van der Waals surface area contributed by atoms with Gasteiger partial charge in [-0.3, -0.25) is 10.1 Å². The molecule has 2 aromatic heterocycles. The van der Waals surface area contributed by atoms with Crippen molar-refractivity contribution < 1.29 is 9.72 Å². The number of nitrogens with zero attached hydrogens (tertiary/aromatic N) is 5. The average Bonchev–Trinajstić information content (AvgIpc) is 3.02. The van der Waals surface area contributed by atoms with Crippen LogP contribution in [0.25, 0.3) is 11.0 Å². The molecule has 0 fully saturated rings. The highest BCUT2D eigenvalue weighted by Crippen LogP contribution is 2.17. The average molecular weight is 314 g/mol. The second-order valence-electron chi connectivity index (χ2n) is 5.09. The fourth-order valence-electron chi connectivity index (χ4n) is 2.30. The summed E-state index contributed by atoms with van der Waals surface area (Å²) in [5.74, 6) is -0.224. The topological polar surface area (TPSA) is 108 Å². The van der Waals surface area contributed by atoms with E-state index in [9.17, 15) is 14.9 Å². The zero-order valence-electron chi connectivity index (χ0n) is 12.6. The maximum absolute atomic E-state index is 12.1. The van der Waals surface area contributed by atoms with Crippen molar-refractivity contribution in [1.82, 2.24) is 19.3 Å². The number of amides is 1. The van der Waals surface area contributed by atoms with Crippen LogP contribution in [0.1, 0.15) is 5.69 Å². The van der Waals surface area contributed by atoms with Crippen LogP contribution in [0.2, 0.25) is 0 Å². The molecule has 1 aromatic carbocycles. The number of nitro groups is 1. The van der Waals surface area contributed by atoms with E-state index in [-0.39, 0.29) is 18.3 Å². The normalized spacial score (nSPS) is 10.9. The van der Waals surface area contributed by atoms with E-state index >= 15 is 0 Å². The SMILES string of the molecule is Cc1cc([N+](=O)[O-])nn1CC(=O)Nc1nc2ccccc2n1C. The monoisotopic (exact) mass is 314 g/mol. The highest BCUT2D eigenvalue weighted by Gasteiger charge is 2.18. The molecule has 9 nitrogen and oxygen atoms in total. The zero-order chi connectivity index (χ0) is 16.6. The molecule has 0 bridgehead atoms. The summed E-state index contributed by atoms with van der Waals surface area (Å²) in [6.45, 7) is 1.53. The molecular weight excluding hydrogens is 300 g/mol. The molecule has 0 atom stereocenters. The zero-order valence-corrected chi connectivity index (χ0v) is 12.6. The maximum Gasteiger partial charge on any atom is 0.390 e. The Hall–Kier alpha value is -3.23. The molecule has 0 unspecified atom stereocenters. The number of fused-ring (bicyclic) bond motifs is 1. The Morgan fingerprint density at radius 1 is 1.39 bits per heavy atom. The number of anilines is 1. The Balaban J connectivity index is 1.79. The van der Waals surface area contributed by atoms with E-state index in [0.717, 1.165) is 11.0 Å². The Morgan fingerprint density at radius 3 is 2.78 bits per heavy atom. The van der Waals surface area contributed by atoms with Crippen molar-refractivity contribution in [3.63, 3.8) is 0 Å². The number of aromatic nitrogens is 4. The van der Waals surface area contributed by atoms with Gasteiger partial charge in [0.1, 0.15) is 6.54 Å². The van der Waals surface area contributed by atoms with Crippen LogP contribution in [0.4, 0.5) is 11.8 Å². The van der Waals surface area contributed by atoms with Crippen molar-refractivity contribution in [2.24, 2.45) is 7.05 Å². The minimum atomic E-state index is -0.590. The summed E-state index contributed by atoms with van der Waals surface area (Å²) in [4.78, 5) is 26.6. The first-order valence-corrected chi connectivity index (χ1v) is 6.86. The van der Waals surface area contributed by atoms with Crippen molar-refractivity contribution >= 4 is 28.7 Å². The highest BCUT2D eigenvalue weighted by atomic mass is 16.6. The van der Waals surface area contributed by atoms with E-state index in [0.29, 0.717) is 11.6 Å². The van der Waals surface area contributed by atoms with Gasteiger partial charge in [0.05, 0.1) is 27.9 Å². The van der Waals surface area contributed by atoms with E-state index in [1.165, 1.54) is 10.7 Å². The Kier molecular flexibility index (Phi) is 3.53. The van der Waals surface area contributed by atoms with Crippen LogP contribution in [0.5, 0.6) is 0 Å². The standard InChI is InChI=1S/C14H14N6O3/c1-9-7-12(20(22)23)17-19(9)8-13(21)16-14-15-10-5-3-4-6-11(10)18(14)2/h3-7H,8H2,1-2H3,(H,15,16,21). The lowest BCUT2D eigenvalue weighted by atomic mass is 10.3. The fraction of sp³-hybridized carbons (Fsp3) is 0.214. The van der Waals surface area contributed by atoms with Crippen LogP contribution in [-0.2, 0) is 18.4 Å². The minimum absolute atomic E-state index is 0.122. The summed E-state index contributed by atoms with van der Waals surface area (Å²) in [6, 6.07) is 8.84. The molecule has 0 aliphatic heterocycles. The summed E-state index contributed by atoms with van der Waals surface area (Å²) in [6.07, 6.45) is 0. The first kappa shape index (κ1) is 14.7. The van der Waals surface area contributed by atoms with Crippen LogP contribution < -0.4 is 5.32 Å². The minimum Gasteiger partial charge on any atom is -0.358 e. The lowest BCUT2D eigenvalue weighted by Crippen LogP contribution is -2.22. The highest BCUT2D eigenvalue weighted by molar-refractivity contribution is 5.91. The van der Waals surface area contributed by atoms with E-state index in [1.807, 2.05) is 24.3 Å². The number of aryl methyl sites for hydroxylation is 2. The summed E-state index contributed by atoms with van der Waals surface area (Å²) in [7, 11) is 1.80. The van der Waals surface area contributed by atoms with Gasteiger partial charge in [-0.15, -0.1) is 0 Å². The maximum atomic E-state index is 12.1. The van der Waals surface area contributed by atoms with Gasteiger partial charge in [-0.05, 0) is 24.0 Å². The summed E-state index contributed by atoms with van der Waals surface area (Å²) < 4.78 is 3.06. The van der Waals surface area contributed by atoms with Gasteiger partial charge in [0.2, 0.25) is 11.9 Å². The predicted molar refractivity (Wildman–Crippen MR) is 83.0 cm³/mol. The molecule has 0 aliphatic carbocycles. The van der Waals surface area contributed by atoms with E-state index in [1.54, 1.807) is 18.5 Å². The summed E-state index contributed by atoms with van der Waals surface area (Å²) in [5, 5.41) is 17.2. The van der Waals surface area contributed by atoms with E-state index < -0.39 is 4.92 Å². The van der Waals surface area contributed by atoms with Crippen LogP contribution >= 0.6 is 0 Å². The van der Waals surface area contributed by atoms with Gasteiger partial charge < -0.3 is 14.7 Å². The van der Waals surface area contributed by atoms with Gasteiger partial charge in [-0.2, -0.15) is 4.68 Å². The second kappa shape index (κ2) is 5.52. The Morgan fingerprint density at radius 2 is 2.13 bits per heavy atom. The molecule has 3 rings (SSSR count). The van der Waals surface area contributed by atoms with Gasteiger partial charge in [0.25, 0.3) is 0 Å². The molecule has 23 heavy (non-hydrogen) atoms. The lowest BCUT2D eigenvalue weighted by molar-refractivity contribution is -0.389. The van der Waals surface area contributed by atoms with Gasteiger partial charge in [0, 0.05) is 7.05 Å². The Bertz CT molecular complexity index is 911. The molecule has 1 N–H and O–H groups in total. The first-order chi connectivity index (χ1) is 11.0. The molecule has 9 heteroatoms. The molecule has 2 heterocycles. The second-order valence-corrected chi connectivity index (χ2v) is 5.09. The van der Waals surface area contributed by atoms with E-state index in [4.69, 9.17) is 0 Å². The number of carbonyl (C=O) groups is 1.